The quantitative estimate of drug-likeness (QED) is 0.601. The molecule has 0 aliphatic heterocycles. The van der Waals surface area contributed by atoms with Crippen molar-refractivity contribution in [3.8, 4) is 5.75 Å². The van der Waals surface area contributed by atoms with Crippen molar-refractivity contribution in [1.29, 1.82) is 0 Å². The lowest BCUT2D eigenvalue weighted by Crippen LogP contribution is -2.26. The van der Waals surface area contributed by atoms with Crippen LogP contribution in [0.2, 0.25) is 0 Å². The molecule has 118 valence electrons. The van der Waals surface area contributed by atoms with Gasteiger partial charge in [-0.2, -0.15) is 0 Å². The lowest BCUT2D eigenvalue weighted by atomic mass is 10.3. The Kier molecular flexibility index (Phi) is 6.35. The molecule has 0 saturated carbocycles. The zero-order chi connectivity index (χ0) is 15.9. The Hall–Kier alpha value is -1.90. The Bertz CT molecular complexity index is 465. The van der Waals surface area contributed by atoms with Crippen LogP contribution in [-0.4, -0.2) is 31.8 Å². The van der Waals surface area contributed by atoms with Crippen LogP contribution < -0.4 is 15.4 Å². The fourth-order valence-electron chi connectivity index (χ4n) is 1.41. The second-order valence-electron chi connectivity index (χ2n) is 3.97. The molecule has 0 bridgehead atoms. The van der Waals surface area contributed by atoms with Gasteiger partial charge in [0.15, 0.2) is 0 Å². The molecule has 0 atom stereocenters. The SMILES string of the molecule is O=C(CCNCC(F)F)Nc1cccc(OC(F)(F)F)c1. The van der Waals surface area contributed by atoms with Gasteiger partial charge in [0.05, 0.1) is 6.54 Å². The number of nitrogens with one attached hydrogen (secondary N) is 2. The zero-order valence-electron chi connectivity index (χ0n) is 10.7. The summed E-state index contributed by atoms with van der Waals surface area (Å²) in [5.41, 5.74) is 0.121. The molecule has 1 aromatic carbocycles. The molecule has 0 aliphatic rings. The first-order valence-corrected chi connectivity index (χ1v) is 5.91. The lowest BCUT2D eigenvalue weighted by Gasteiger charge is -2.11. The molecule has 0 aromatic heterocycles. The van der Waals surface area contributed by atoms with E-state index in [2.05, 4.69) is 15.4 Å². The van der Waals surface area contributed by atoms with Crippen molar-refractivity contribution in [3.05, 3.63) is 24.3 Å². The van der Waals surface area contributed by atoms with E-state index in [0.717, 1.165) is 12.1 Å². The fraction of sp³-hybridized carbons (Fsp3) is 0.417. The molecule has 0 saturated heterocycles. The highest BCUT2D eigenvalue weighted by molar-refractivity contribution is 5.90. The maximum atomic E-state index is 12.0. The van der Waals surface area contributed by atoms with E-state index in [4.69, 9.17) is 0 Å². The van der Waals surface area contributed by atoms with Gasteiger partial charge in [0, 0.05) is 24.7 Å². The van der Waals surface area contributed by atoms with Crippen LogP contribution in [0.25, 0.3) is 0 Å². The highest BCUT2D eigenvalue weighted by atomic mass is 19.4. The number of carbonyl (C=O) groups is 1. The summed E-state index contributed by atoms with van der Waals surface area (Å²) in [6, 6.07) is 4.77. The second-order valence-corrected chi connectivity index (χ2v) is 3.97. The molecule has 0 fully saturated rings. The van der Waals surface area contributed by atoms with Crippen molar-refractivity contribution in [2.24, 2.45) is 0 Å². The number of benzene rings is 1. The molecule has 1 rings (SSSR count). The molecule has 1 aromatic rings. The van der Waals surface area contributed by atoms with Gasteiger partial charge in [0.2, 0.25) is 5.91 Å². The molecule has 1 amide bonds. The number of alkyl halides is 5. The highest BCUT2D eigenvalue weighted by Crippen LogP contribution is 2.24. The molecule has 0 radical (unpaired) electrons. The van der Waals surface area contributed by atoms with E-state index in [1.165, 1.54) is 12.1 Å². The van der Waals surface area contributed by atoms with Crippen LogP contribution in [0.15, 0.2) is 24.3 Å². The predicted octanol–water partition coefficient (Wildman–Crippen LogP) is 2.77. The molecule has 4 nitrogen and oxygen atoms in total. The van der Waals surface area contributed by atoms with Gasteiger partial charge < -0.3 is 15.4 Å². The normalized spacial score (nSPS) is 11.5. The third kappa shape index (κ3) is 8.08. The molecule has 0 unspecified atom stereocenters. The van der Waals surface area contributed by atoms with Crippen molar-refractivity contribution in [3.63, 3.8) is 0 Å². The Balaban J connectivity index is 2.43. The highest BCUT2D eigenvalue weighted by Gasteiger charge is 2.31. The van der Waals surface area contributed by atoms with Crippen molar-refractivity contribution in [2.75, 3.05) is 18.4 Å². The van der Waals surface area contributed by atoms with Gasteiger partial charge in [0.25, 0.3) is 6.43 Å². The fourth-order valence-corrected chi connectivity index (χ4v) is 1.41. The first kappa shape index (κ1) is 17.2. The zero-order valence-corrected chi connectivity index (χ0v) is 10.7. The molecule has 0 heterocycles. The summed E-state index contributed by atoms with van der Waals surface area (Å²) >= 11 is 0. The summed E-state index contributed by atoms with van der Waals surface area (Å²) in [7, 11) is 0. The number of halogens is 5. The van der Waals surface area contributed by atoms with Crippen LogP contribution >= 0.6 is 0 Å². The summed E-state index contributed by atoms with van der Waals surface area (Å²) < 4.78 is 63.4. The number of amides is 1. The largest absolute Gasteiger partial charge is 0.573 e. The van der Waals surface area contributed by atoms with E-state index in [-0.39, 0.29) is 18.7 Å². The molecule has 2 N–H and O–H groups in total. The second kappa shape index (κ2) is 7.77. The van der Waals surface area contributed by atoms with E-state index in [1.807, 2.05) is 0 Å². The van der Waals surface area contributed by atoms with E-state index >= 15 is 0 Å². The summed E-state index contributed by atoms with van der Waals surface area (Å²) in [5.74, 6) is -0.975. The number of hydrogen-bond donors (Lipinski definition) is 2. The molecular weight excluding hydrogens is 299 g/mol. The summed E-state index contributed by atoms with van der Waals surface area (Å²) in [5, 5.41) is 4.70. The first-order chi connectivity index (χ1) is 9.76. The monoisotopic (exact) mass is 312 g/mol. The minimum Gasteiger partial charge on any atom is -0.406 e. The van der Waals surface area contributed by atoms with Crippen molar-refractivity contribution < 1.29 is 31.5 Å². The molecule has 0 aliphatic carbocycles. The molecule has 21 heavy (non-hydrogen) atoms. The Labute approximate surface area is 117 Å². The number of hydrogen-bond acceptors (Lipinski definition) is 3. The van der Waals surface area contributed by atoms with Crippen LogP contribution in [0.1, 0.15) is 6.42 Å². The maximum absolute atomic E-state index is 12.0. The number of anilines is 1. The third-order valence-electron chi connectivity index (χ3n) is 2.18. The topological polar surface area (TPSA) is 50.4 Å². The van der Waals surface area contributed by atoms with Gasteiger partial charge in [-0.15, -0.1) is 13.2 Å². The van der Waals surface area contributed by atoms with Crippen LogP contribution in [-0.2, 0) is 4.79 Å². The lowest BCUT2D eigenvalue weighted by molar-refractivity contribution is -0.274. The van der Waals surface area contributed by atoms with Gasteiger partial charge in [-0.3, -0.25) is 4.79 Å². The van der Waals surface area contributed by atoms with E-state index in [9.17, 15) is 26.7 Å². The van der Waals surface area contributed by atoms with Crippen LogP contribution in [0.3, 0.4) is 0 Å². The third-order valence-corrected chi connectivity index (χ3v) is 2.18. The Morgan fingerprint density at radius 2 is 2.00 bits per heavy atom. The Morgan fingerprint density at radius 1 is 1.29 bits per heavy atom. The van der Waals surface area contributed by atoms with Crippen molar-refractivity contribution in [1.82, 2.24) is 5.32 Å². The average Bonchev–Trinajstić information content (AvgIpc) is 2.32. The standard InChI is InChI=1S/C12H13F5N2O2/c13-10(14)7-18-5-4-11(20)19-8-2-1-3-9(6-8)21-12(15,16)17/h1-3,6,10,18H,4-5,7H2,(H,19,20). The van der Waals surface area contributed by atoms with E-state index in [0.29, 0.717) is 0 Å². The van der Waals surface area contributed by atoms with Crippen LogP contribution in [0.5, 0.6) is 5.75 Å². The van der Waals surface area contributed by atoms with Crippen LogP contribution in [0, 0.1) is 0 Å². The molecular formula is C12H13F5N2O2. The number of rotatable bonds is 7. The predicted molar refractivity (Wildman–Crippen MR) is 65.2 cm³/mol. The van der Waals surface area contributed by atoms with E-state index in [1.54, 1.807) is 0 Å². The van der Waals surface area contributed by atoms with Gasteiger partial charge in [-0.05, 0) is 12.1 Å². The summed E-state index contributed by atoms with van der Waals surface area (Å²) in [4.78, 5) is 11.5. The summed E-state index contributed by atoms with van der Waals surface area (Å²) in [6.07, 6.45) is -7.41. The minimum atomic E-state index is -4.82. The molecule has 9 heteroatoms. The number of carbonyl (C=O) groups excluding carboxylic acids is 1. The van der Waals surface area contributed by atoms with Gasteiger partial charge in [0.1, 0.15) is 5.75 Å². The van der Waals surface area contributed by atoms with E-state index < -0.39 is 31.0 Å². The maximum Gasteiger partial charge on any atom is 0.573 e. The van der Waals surface area contributed by atoms with Crippen molar-refractivity contribution in [2.45, 2.75) is 19.2 Å². The van der Waals surface area contributed by atoms with Gasteiger partial charge in [-0.25, -0.2) is 8.78 Å². The molecule has 0 spiro atoms. The Morgan fingerprint density at radius 3 is 2.62 bits per heavy atom. The van der Waals surface area contributed by atoms with Crippen molar-refractivity contribution >= 4 is 11.6 Å². The number of ether oxygens (including phenoxy) is 1. The van der Waals surface area contributed by atoms with Crippen LogP contribution in [0.4, 0.5) is 27.6 Å². The van der Waals surface area contributed by atoms with Gasteiger partial charge in [-0.1, -0.05) is 6.07 Å². The smallest absolute Gasteiger partial charge is 0.406 e. The minimum absolute atomic E-state index is 0.0366. The average molecular weight is 312 g/mol. The first-order valence-electron chi connectivity index (χ1n) is 5.91. The van der Waals surface area contributed by atoms with Gasteiger partial charge >= 0.3 is 6.36 Å². The summed E-state index contributed by atoms with van der Waals surface area (Å²) in [6.45, 7) is -0.489.